The Bertz CT molecular complexity index is 753. The molecule has 1 N–H and O–H groups in total. The van der Waals surface area contributed by atoms with E-state index in [9.17, 15) is 14.7 Å². The fourth-order valence-electron chi connectivity index (χ4n) is 3.00. The molecule has 23 heavy (non-hydrogen) atoms. The smallest absolute Gasteiger partial charge is 0.326 e. The molecule has 3 heterocycles. The molecule has 1 amide bonds. The number of carboxylic acid groups (broad SMARTS) is 1. The lowest BCUT2D eigenvalue weighted by Gasteiger charge is -2.21. The summed E-state index contributed by atoms with van der Waals surface area (Å²) in [6.45, 7) is 5.44. The Labute approximate surface area is 133 Å². The van der Waals surface area contributed by atoms with Crippen LogP contribution in [0.4, 0.5) is 0 Å². The highest BCUT2D eigenvalue weighted by Crippen LogP contribution is 2.22. The monoisotopic (exact) mass is 316 g/mol. The van der Waals surface area contributed by atoms with Gasteiger partial charge in [0.2, 0.25) is 0 Å². The topological polar surface area (TPSA) is 88.3 Å². The van der Waals surface area contributed by atoms with Gasteiger partial charge in [-0.05, 0) is 24.8 Å². The molecule has 0 bridgehead atoms. The predicted molar refractivity (Wildman–Crippen MR) is 84.1 cm³/mol. The molecule has 0 spiro atoms. The van der Waals surface area contributed by atoms with Crippen LogP contribution in [0.15, 0.2) is 18.5 Å². The molecule has 1 saturated heterocycles. The van der Waals surface area contributed by atoms with Gasteiger partial charge in [0.05, 0.1) is 11.8 Å². The van der Waals surface area contributed by atoms with Crippen molar-refractivity contribution in [2.75, 3.05) is 6.54 Å². The van der Waals surface area contributed by atoms with Crippen molar-refractivity contribution < 1.29 is 14.7 Å². The Morgan fingerprint density at radius 3 is 2.87 bits per heavy atom. The molecule has 3 rings (SSSR count). The molecule has 1 atom stereocenters. The van der Waals surface area contributed by atoms with E-state index in [1.165, 1.54) is 11.1 Å². The molecule has 0 radical (unpaired) electrons. The zero-order chi connectivity index (χ0) is 16.6. The van der Waals surface area contributed by atoms with E-state index in [0.29, 0.717) is 30.9 Å². The first-order valence-electron chi connectivity index (χ1n) is 7.82. The number of likely N-dealkylation sites (tertiary alicyclic amines) is 1. The van der Waals surface area contributed by atoms with Crippen LogP contribution in [-0.4, -0.2) is 49.2 Å². The van der Waals surface area contributed by atoms with Gasteiger partial charge in [-0.25, -0.2) is 14.5 Å². The van der Waals surface area contributed by atoms with E-state index in [1.807, 2.05) is 4.68 Å². The highest BCUT2D eigenvalue weighted by molar-refractivity contribution is 5.99. The summed E-state index contributed by atoms with van der Waals surface area (Å²) in [5.41, 5.74) is 1.15. The first-order chi connectivity index (χ1) is 11.0. The first kappa shape index (κ1) is 15.5. The van der Waals surface area contributed by atoms with Crippen molar-refractivity contribution >= 4 is 22.9 Å². The van der Waals surface area contributed by atoms with Crippen molar-refractivity contribution in [3.05, 3.63) is 24.0 Å². The quantitative estimate of drug-likeness (QED) is 0.929. The summed E-state index contributed by atoms with van der Waals surface area (Å²) < 4.78 is 1.82. The van der Waals surface area contributed by atoms with Gasteiger partial charge in [-0.1, -0.05) is 13.8 Å². The lowest BCUT2D eigenvalue weighted by atomic mass is 10.2. The number of carbonyl (C=O) groups is 2. The second-order valence-corrected chi connectivity index (χ2v) is 6.35. The van der Waals surface area contributed by atoms with Gasteiger partial charge in [-0.15, -0.1) is 0 Å². The minimum Gasteiger partial charge on any atom is -0.480 e. The van der Waals surface area contributed by atoms with Gasteiger partial charge in [0.1, 0.15) is 6.04 Å². The molecular formula is C16H20N4O3. The fraction of sp³-hybridized carbons (Fsp3) is 0.500. The van der Waals surface area contributed by atoms with E-state index in [0.717, 1.165) is 17.6 Å². The molecule has 1 aliphatic heterocycles. The third-order valence-corrected chi connectivity index (χ3v) is 4.06. The van der Waals surface area contributed by atoms with Crippen LogP contribution in [0.1, 0.15) is 37.0 Å². The number of carboxylic acids is 1. The summed E-state index contributed by atoms with van der Waals surface area (Å²) in [5.74, 6) is -0.780. The number of fused-ring (bicyclic) bond motifs is 1. The fourth-order valence-corrected chi connectivity index (χ4v) is 3.00. The Balaban J connectivity index is 1.88. The SMILES string of the molecule is CC(C)Cn1ncc2cc(C(=O)N3CCCC3C(=O)O)cnc21. The van der Waals surface area contributed by atoms with Crippen LogP contribution in [0.3, 0.4) is 0 Å². The molecule has 0 saturated carbocycles. The number of nitrogens with zero attached hydrogens (tertiary/aromatic N) is 4. The van der Waals surface area contributed by atoms with E-state index < -0.39 is 12.0 Å². The minimum absolute atomic E-state index is 0.277. The lowest BCUT2D eigenvalue weighted by molar-refractivity contribution is -0.141. The maximum atomic E-state index is 12.6. The number of rotatable bonds is 4. The number of hydrogen-bond donors (Lipinski definition) is 1. The lowest BCUT2D eigenvalue weighted by Crippen LogP contribution is -2.40. The average Bonchev–Trinajstić information content (AvgIpc) is 3.13. The second kappa shape index (κ2) is 5.98. The van der Waals surface area contributed by atoms with Crippen LogP contribution in [0, 0.1) is 5.92 Å². The van der Waals surface area contributed by atoms with Gasteiger partial charge in [-0.2, -0.15) is 5.10 Å². The summed E-state index contributed by atoms with van der Waals surface area (Å²) in [7, 11) is 0. The first-order valence-corrected chi connectivity index (χ1v) is 7.82. The van der Waals surface area contributed by atoms with Gasteiger partial charge in [0, 0.05) is 24.7 Å². The second-order valence-electron chi connectivity index (χ2n) is 6.35. The molecule has 7 nitrogen and oxygen atoms in total. The molecule has 1 unspecified atom stereocenters. The molecule has 1 fully saturated rings. The Hall–Kier alpha value is -2.44. The van der Waals surface area contributed by atoms with Crippen molar-refractivity contribution in [3.8, 4) is 0 Å². The van der Waals surface area contributed by atoms with Crippen LogP contribution < -0.4 is 0 Å². The molecule has 2 aromatic heterocycles. The van der Waals surface area contributed by atoms with Gasteiger partial charge in [0.15, 0.2) is 5.65 Å². The summed E-state index contributed by atoms with van der Waals surface area (Å²) in [4.78, 5) is 29.6. The molecule has 7 heteroatoms. The zero-order valence-corrected chi connectivity index (χ0v) is 13.3. The van der Waals surface area contributed by atoms with Crippen LogP contribution >= 0.6 is 0 Å². The highest BCUT2D eigenvalue weighted by atomic mass is 16.4. The maximum absolute atomic E-state index is 12.6. The molecule has 0 aliphatic carbocycles. The van der Waals surface area contributed by atoms with E-state index in [1.54, 1.807) is 12.3 Å². The summed E-state index contributed by atoms with van der Waals surface area (Å²) >= 11 is 0. The number of aliphatic carboxylic acids is 1. The largest absolute Gasteiger partial charge is 0.480 e. The van der Waals surface area contributed by atoms with Crippen molar-refractivity contribution in [2.24, 2.45) is 5.92 Å². The molecule has 1 aliphatic rings. The Morgan fingerprint density at radius 1 is 1.39 bits per heavy atom. The summed E-state index contributed by atoms with van der Waals surface area (Å²) in [5, 5.41) is 14.3. The number of pyridine rings is 1. The normalized spacial score (nSPS) is 18.0. The molecule has 122 valence electrons. The van der Waals surface area contributed by atoms with Crippen LogP contribution in [0.25, 0.3) is 11.0 Å². The van der Waals surface area contributed by atoms with E-state index >= 15 is 0 Å². The number of hydrogen-bond acceptors (Lipinski definition) is 4. The maximum Gasteiger partial charge on any atom is 0.326 e. The standard InChI is InChI=1S/C16H20N4O3/c1-10(2)9-20-14-11(8-18-20)6-12(7-17-14)15(21)19-5-3-4-13(19)16(22)23/h6-8,10,13H,3-5,9H2,1-2H3,(H,22,23). The van der Waals surface area contributed by atoms with Crippen LogP contribution in [0.5, 0.6) is 0 Å². The third kappa shape index (κ3) is 2.91. The minimum atomic E-state index is -0.949. The van der Waals surface area contributed by atoms with E-state index in [2.05, 4.69) is 23.9 Å². The Kier molecular flexibility index (Phi) is 4.02. The third-order valence-electron chi connectivity index (χ3n) is 4.06. The predicted octanol–water partition coefficient (Wildman–Crippen LogP) is 1.78. The van der Waals surface area contributed by atoms with Crippen molar-refractivity contribution in [2.45, 2.75) is 39.3 Å². The van der Waals surface area contributed by atoms with Gasteiger partial charge in [0.25, 0.3) is 5.91 Å². The molecule has 0 aromatic carbocycles. The summed E-state index contributed by atoms with van der Waals surface area (Å²) in [6.07, 6.45) is 4.42. The van der Waals surface area contributed by atoms with Crippen LogP contribution in [0.2, 0.25) is 0 Å². The van der Waals surface area contributed by atoms with Crippen molar-refractivity contribution in [1.29, 1.82) is 0 Å². The number of aromatic nitrogens is 3. The summed E-state index contributed by atoms with van der Waals surface area (Å²) in [6, 6.07) is 1.01. The molecule has 2 aromatic rings. The van der Waals surface area contributed by atoms with Crippen molar-refractivity contribution in [3.63, 3.8) is 0 Å². The average molecular weight is 316 g/mol. The van der Waals surface area contributed by atoms with Gasteiger partial charge >= 0.3 is 5.97 Å². The zero-order valence-electron chi connectivity index (χ0n) is 13.3. The Morgan fingerprint density at radius 2 is 2.17 bits per heavy atom. The molecular weight excluding hydrogens is 296 g/mol. The van der Waals surface area contributed by atoms with Gasteiger partial charge in [-0.3, -0.25) is 4.79 Å². The van der Waals surface area contributed by atoms with Crippen LogP contribution in [-0.2, 0) is 11.3 Å². The highest BCUT2D eigenvalue weighted by Gasteiger charge is 2.34. The van der Waals surface area contributed by atoms with E-state index in [-0.39, 0.29) is 5.91 Å². The number of amides is 1. The van der Waals surface area contributed by atoms with E-state index in [4.69, 9.17) is 0 Å². The number of carbonyl (C=O) groups excluding carboxylic acids is 1. The van der Waals surface area contributed by atoms with Crippen molar-refractivity contribution in [1.82, 2.24) is 19.7 Å². The van der Waals surface area contributed by atoms with Gasteiger partial charge < -0.3 is 10.0 Å².